The van der Waals surface area contributed by atoms with Crippen molar-refractivity contribution in [1.82, 2.24) is 0 Å². The largest absolute Gasteiger partial charge is 0.478 e. The first-order valence-electron chi connectivity index (χ1n) is 9.68. The Labute approximate surface area is 184 Å². The van der Waals surface area contributed by atoms with Gasteiger partial charge >= 0.3 is 0 Å². The lowest BCUT2D eigenvalue weighted by atomic mass is 10.0. The molecule has 1 atom stereocenters. The summed E-state index contributed by atoms with van der Waals surface area (Å²) in [4.78, 5) is 38.0. The van der Waals surface area contributed by atoms with Crippen molar-refractivity contribution in [3.8, 4) is 5.75 Å². The molecule has 0 bridgehead atoms. The van der Waals surface area contributed by atoms with Gasteiger partial charge in [-0.05, 0) is 42.8 Å². The molecule has 1 aliphatic heterocycles. The Kier molecular flexibility index (Phi) is 5.73. The molecule has 0 spiro atoms. The molecule has 6 nitrogen and oxygen atoms in total. The minimum absolute atomic E-state index is 0.208. The number of hydrogen-bond acceptors (Lipinski definition) is 4. The Balaban J connectivity index is 1.51. The van der Waals surface area contributed by atoms with Crippen LogP contribution >= 0.6 is 11.6 Å². The summed E-state index contributed by atoms with van der Waals surface area (Å²) in [5.41, 5.74) is 2.62. The number of fused-ring (bicyclic) bond motifs is 1. The predicted octanol–water partition coefficient (Wildman–Crippen LogP) is 4.61. The minimum atomic E-state index is -0.976. The molecular weight excluding hydrogens is 416 g/mol. The van der Waals surface area contributed by atoms with E-state index in [1.54, 1.807) is 48.5 Å². The number of amides is 2. The highest BCUT2D eigenvalue weighted by atomic mass is 35.5. The molecule has 3 aromatic rings. The summed E-state index contributed by atoms with van der Waals surface area (Å²) in [6, 6.07) is 18.8. The number of hydrogen-bond donors (Lipinski definition) is 2. The van der Waals surface area contributed by atoms with Gasteiger partial charge in [-0.25, -0.2) is 0 Å². The van der Waals surface area contributed by atoms with E-state index in [2.05, 4.69) is 10.6 Å². The molecule has 0 saturated carbocycles. The number of aryl methyl sites for hydroxylation is 1. The molecule has 0 radical (unpaired) electrons. The Morgan fingerprint density at radius 1 is 1.06 bits per heavy atom. The lowest BCUT2D eigenvalue weighted by molar-refractivity contribution is -0.128. The van der Waals surface area contributed by atoms with Gasteiger partial charge in [0.25, 0.3) is 5.91 Å². The number of anilines is 2. The number of ketones is 1. The molecule has 1 heterocycles. The Morgan fingerprint density at radius 2 is 1.84 bits per heavy atom. The van der Waals surface area contributed by atoms with Gasteiger partial charge in [0, 0.05) is 16.1 Å². The molecule has 7 heteroatoms. The van der Waals surface area contributed by atoms with Gasteiger partial charge in [-0.1, -0.05) is 48.0 Å². The van der Waals surface area contributed by atoms with Gasteiger partial charge in [0.2, 0.25) is 5.91 Å². The number of rotatable bonds is 5. The zero-order valence-corrected chi connectivity index (χ0v) is 17.4. The summed E-state index contributed by atoms with van der Waals surface area (Å²) in [6.45, 7) is 1.91. The monoisotopic (exact) mass is 434 g/mol. The molecule has 3 aromatic carbocycles. The highest BCUT2D eigenvalue weighted by Gasteiger charge is 2.30. The van der Waals surface area contributed by atoms with Crippen LogP contribution in [0.2, 0.25) is 5.02 Å². The number of carbonyl (C=O) groups excluding carboxylic acids is 3. The molecule has 0 saturated heterocycles. The second kappa shape index (κ2) is 8.62. The highest BCUT2D eigenvalue weighted by molar-refractivity contribution is 6.31. The van der Waals surface area contributed by atoms with Crippen molar-refractivity contribution < 1.29 is 19.1 Å². The summed E-state index contributed by atoms with van der Waals surface area (Å²) in [5.74, 6) is -0.617. The zero-order chi connectivity index (χ0) is 22.0. The fourth-order valence-corrected chi connectivity index (χ4v) is 3.50. The Hall–Kier alpha value is -3.64. The van der Waals surface area contributed by atoms with Crippen LogP contribution in [0.4, 0.5) is 11.4 Å². The Bertz CT molecular complexity index is 1180. The number of ether oxygens (including phenoxy) is 1. The van der Waals surface area contributed by atoms with Gasteiger partial charge in [0.05, 0.1) is 17.8 Å². The molecule has 0 aromatic heterocycles. The van der Waals surface area contributed by atoms with E-state index in [0.717, 1.165) is 5.56 Å². The van der Waals surface area contributed by atoms with E-state index in [1.165, 1.54) is 6.07 Å². The van der Waals surface area contributed by atoms with Crippen LogP contribution in [0.5, 0.6) is 5.75 Å². The van der Waals surface area contributed by atoms with E-state index >= 15 is 0 Å². The SMILES string of the molecule is Cc1ccc2c(c1)NC(=O)[C@@H](CC(=O)Nc1ccc(Cl)cc1C(=O)c1ccccc1)O2. The minimum Gasteiger partial charge on any atom is -0.478 e. The molecule has 4 rings (SSSR count). The second-order valence-corrected chi connectivity index (χ2v) is 7.67. The van der Waals surface area contributed by atoms with E-state index in [4.69, 9.17) is 16.3 Å². The molecular formula is C24H19ClN2O4. The van der Waals surface area contributed by atoms with Gasteiger partial charge in [0.1, 0.15) is 5.75 Å². The third kappa shape index (κ3) is 4.59. The lowest BCUT2D eigenvalue weighted by Crippen LogP contribution is -2.39. The van der Waals surface area contributed by atoms with Crippen LogP contribution in [0.25, 0.3) is 0 Å². The first-order valence-corrected chi connectivity index (χ1v) is 10.1. The molecule has 0 aliphatic carbocycles. The topological polar surface area (TPSA) is 84.5 Å². The van der Waals surface area contributed by atoms with Gasteiger partial charge in [-0.2, -0.15) is 0 Å². The molecule has 31 heavy (non-hydrogen) atoms. The standard InChI is InChI=1S/C24H19ClN2O4/c1-14-7-10-20-19(11-14)27-24(30)21(31-20)13-22(28)26-18-9-8-16(25)12-17(18)23(29)15-5-3-2-4-6-15/h2-12,21H,13H2,1H3,(H,26,28)(H,27,30)/t21-/m1/s1. The van der Waals surface area contributed by atoms with Crippen molar-refractivity contribution in [1.29, 1.82) is 0 Å². The smallest absolute Gasteiger partial charge is 0.266 e. The summed E-state index contributed by atoms with van der Waals surface area (Å²) in [7, 11) is 0. The second-order valence-electron chi connectivity index (χ2n) is 7.23. The summed E-state index contributed by atoms with van der Waals surface area (Å²) in [5, 5.41) is 5.85. The maximum absolute atomic E-state index is 12.9. The number of nitrogens with one attached hydrogen (secondary N) is 2. The van der Waals surface area contributed by atoms with Crippen LogP contribution in [0, 0.1) is 6.92 Å². The van der Waals surface area contributed by atoms with Gasteiger partial charge in [0.15, 0.2) is 11.9 Å². The van der Waals surface area contributed by atoms with E-state index in [9.17, 15) is 14.4 Å². The van der Waals surface area contributed by atoms with E-state index in [1.807, 2.05) is 19.1 Å². The van der Waals surface area contributed by atoms with Crippen LogP contribution < -0.4 is 15.4 Å². The molecule has 1 aliphatic rings. The lowest BCUT2D eigenvalue weighted by Gasteiger charge is -2.25. The van der Waals surface area contributed by atoms with E-state index in [-0.39, 0.29) is 17.8 Å². The molecule has 156 valence electrons. The zero-order valence-electron chi connectivity index (χ0n) is 16.6. The molecule has 0 fully saturated rings. The average Bonchev–Trinajstić information content (AvgIpc) is 2.76. The van der Waals surface area contributed by atoms with Gasteiger partial charge in [-0.15, -0.1) is 0 Å². The van der Waals surface area contributed by atoms with Crippen LogP contribution in [0.3, 0.4) is 0 Å². The summed E-state index contributed by atoms with van der Waals surface area (Å²) < 4.78 is 5.71. The van der Waals surface area contributed by atoms with Crippen LogP contribution in [-0.4, -0.2) is 23.7 Å². The van der Waals surface area contributed by atoms with Crippen LogP contribution in [0.15, 0.2) is 66.7 Å². The fraction of sp³-hybridized carbons (Fsp3) is 0.125. The third-order valence-corrected chi connectivity index (χ3v) is 5.10. The number of carbonyl (C=O) groups is 3. The van der Waals surface area contributed by atoms with Crippen molar-refractivity contribution in [2.24, 2.45) is 0 Å². The van der Waals surface area contributed by atoms with Crippen LogP contribution in [0.1, 0.15) is 27.9 Å². The Morgan fingerprint density at radius 3 is 2.61 bits per heavy atom. The molecule has 0 unspecified atom stereocenters. The van der Waals surface area contributed by atoms with E-state index in [0.29, 0.717) is 27.7 Å². The normalized spacial score (nSPS) is 14.8. The molecule has 2 amide bonds. The van der Waals surface area contributed by atoms with Crippen molar-refractivity contribution >= 4 is 40.6 Å². The maximum atomic E-state index is 12.9. The van der Waals surface area contributed by atoms with Crippen molar-refractivity contribution in [3.63, 3.8) is 0 Å². The van der Waals surface area contributed by atoms with Crippen molar-refractivity contribution in [2.45, 2.75) is 19.4 Å². The third-order valence-electron chi connectivity index (χ3n) is 4.86. The quantitative estimate of drug-likeness (QED) is 0.574. The first-order chi connectivity index (χ1) is 14.9. The van der Waals surface area contributed by atoms with Gasteiger partial charge < -0.3 is 15.4 Å². The number of benzene rings is 3. The van der Waals surface area contributed by atoms with Crippen molar-refractivity contribution in [2.75, 3.05) is 10.6 Å². The van der Waals surface area contributed by atoms with Gasteiger partial charge in [-0.3, -0.25) is 14.4 Å². The summed E-state index contributed by atoms with van der Waals surface area (Å²) in [6.07, 6.45) is -1.18. The number of halogens is 1. The van der Waals surface area contributed by atoms with E-state index < -0.39 is 17.9 Å². The highest BCUT2D eigenvalue weighted by Crippen LogP contribution is 2.31. The first kappa shape index (κ1) is 20.6. The predicted molar refractivity (Wildman–Crippen MR) is 119 cm³/mol. The van der Waals surface area contributed by atoms with Crippen LogP contribution in [-0.2, 0) is 9.59 Å². The fourth-order valence-electron chi connectivity index (χ4n) is 3.33. The maximum Gasteiger partial charge on any atom is 0.266 e. The summed E-state index contributed by atoms with van der Waals surface area (Å²) >= 11 is 6.08. The van der Waals surface area contributed by atoms with Crippen molar-refractivity contribution in [3.05, 3.63) is 88.4 Å². The molecule has 2 N–H and O–H groups in total. The average molecular weight is 435 g/mol.